The van der Waals surface area contributed by atoms with Gasteiger partial charge in [0.2, 0.25) is 18.2 Å². The Labute approximate surface area is 167 Å². The number of methoxy groups -OCH3 is 2. The molecule has 1 aliphatic carbocycles. The zero-order chi connectivity index (χ0) is 19.8. The predicted octanol–water partition coefficient (Wildman–Crippen LogP) is 2.46. The molecule has 0 saturated heterocycles. The van der Waals surface area contributed by atoms with Crippen molar-refractivity contribution in [3.8, 4) is 17.0 Å². The van der Waals surface area contributed by atoms with Crippen molar-refractivity contribution < 1.29 is 14.0 Å². The minimum Gasteiger partial charge on any atom is -0.480 e. The predicted molar refractivity (Wildman–Crippen MR) is 108 cm³/mol. The van der Waals surface area contributed by atoms with E-state index in [1.807, 2.05) is 29.0 Å². The van der Waals surface area contributed by atoms with Gasteiger partial charge in [0.05, 0.1) is 18.6 Å². The van der Waals surface area contributed by atoms with Crippen LogP contribution in [0.25, 0.3) is 27.8 Å². The summed E-state index contributed by atoms with van der Waals surface area (Å²) in [7, 11) is 3.42. The topological polar surface area (TPSA) is 105 Å². The van der Waals surface area contributed by atoms with Gasteiger partial charge in [-0.05, 0) is 36.7 Å². The zero-order valence-electron chi connectivity index (χ0n) is 16.5. The van der Waals surface area contributed by atoms with Crippen molar-refractivity contribution in [2.45, 2.75) is 37.8 Å². The number of H-pyrrole nitrogens is 2. The molecule has 29 heavy (non-hydrogen) atoms. The molecule has 1 saturated carbocycles. The van der Waals surface area contributed by atoms with Crippen molar-refractivity contribution in [2.75, 3.05) is 19.5 Å². The van der Waals surface area contributed by atoms with Crippen LogP contribution in [0.3, 0.4) is 0 Å². The summed E-state index contributed by atoms with van der Waals surface area (Å²) < 4.78 is 13.0. The van der Waals surface area contributed by atoms with E-state index >= 15 is 0 Å². The lowest BCUT2D eigenvalue weighted by Crippen LogP contribution is -2.29. The standard InChI is InChI=1S/C20H23N7O2/c1-28-14-6-4-13(5-7-14)24-20-25-18-17(19(26-20)29-2)15(9-21-18)12-3-8-16-22-11-23-27(16)10-12/h3,8-11,13-14H,4-7H2,1-2H3,(H2,21,24,25,26)/p+1. The molecular weight excluding hydrogens is 370 g/mol. The average Bonchev–Trinajstić information content (AvgIpc) is 3.40. The van der Waals surface area contributed by atoms with Gasteiger partial charge in [-0.3, -0.25) is 0 Å². The molecule has 4 aromatic rings. The fourth-order valence-corrected chi connectivity index (χ4v) is 4.08. The molecule has 3 N–H and O–H groups in total. The van der Waals surface area contributed by atoms with Crippen LogP contribution in [0.5, 0.6) is 5.88 Å². The maximum Gasteiger partial charge on any atom is 0.348 e. The Hall–Kier alpha value is -3.20. The van der Waals surface area contributed by atoms with Gasteiger partial charge in [-0.2, -0.15) is 15.1 Å². The van der Waals surface area contributed by atoms with Crippen LogP contribution in [0.4, 0.5) is 5.95 Å². The minimum atomic E-state index is 0.345. The third kappa shape index (κ3) is 3.27. The maximum atomic E-state index is 5.63. The fraction of sp³-hybridized carbons (Fsp3) is 0.400. The second-order valence-electron chi connectivity index (χ2n) is 7.37. The van der Waals surface area contributed by atoms with Gasteiger partial charge in [-0.15, -0.1) is 4.52 Å². The Morgan fingerprint density at radius 3 is 2.79 bits per heavy atom. The molecule has 0 spiro atoms. The van der Waals surface area contributed by atoms with Crippen molar-refractivity contribution in [3.05, 3.63) is 30.9 Å². The molecule has 0 bridgehead atoms. The molecule has 1 aliphatic rings. The van der Waals surface area contributed by atoms with Crippen molar-refractivity contribution >= 4 is 22.6 Å². The summed E-state index contributed by atoms with van der Waals surface area (Å²) in [5.41, 5.74) is 3.59. The summed E-state index contributed by atoms with van der Waals surface area (Å²) >= 11 is 0. The molecule has 150 valence electrons. The zero-order valence-corrected chi connectivity index (χ0v) is 16.5. The summed E-state index contributed by atoms with van der Waals surface area (Å²) in [6.45, 7) is 0. The number of fused-ring (bicyclic) bond motifs is 2. The average molecular weight is 394 g/mol. The van der Waals surface area contributed by atoms with Crippen LogP contribution in [0, 0.1) is 0 Å². The summed E-state index contributed by atoms with van der Waals surface area (Å²) in [5.74, 6) is 1.14. The highest BCUT2D eigenvalue weighted by atomic mass is 16.5. The van der Waals surface area contributed by atoms with Gasteiger partial charge >= 0.3 is 5.65 Å². The Balaban J connectivity index is 1.47. The smallest absolute Gasteiger partial charge is 0.348 e. The number of ether oxygens (including phenoxy) is 2. The fourth-order valence-electron chi connectivity index (χ4n) is 4.08. The first-order valence-electron chi connectivity index (χ1n) is 9.83. The summed E-state index contributed by atoms with van der Waals surface area (Å²) in [4.78, 5) is 16.9. The molecule has 4 aromatic heterocycles. The quantitative estimate of drug-likeness (QED) is 0.449. The second-order valence-corrected chi connectivity index (χ2v) is 7.37. The molecular formula is C20H24N7O2+. The van der Waals surface area contributed by atoms with E-state index in [1.165, 1.54) is 0 Å². The Kier molecular flexibility index (Phi) is 4.51. The molecule has 4 heterocycles. The highest BCUT2D eigenvalue weighted by Crippen LogP contribution is 2.34. The summed E-state index contributed by atoms with van der Waals surface area (Å²) in [5, 5.41) is 7.40. The Morgan fingerprint density at radius 1 is 1.14 bits per heavy atom. The molecule has 0 aromatic carbocycles. The molecule has 0 aliphatic heterocycles. The molecule has 0 atom stereocenters. The normalized spacial score (nSPS) is 19.7. The molecule has 1 fully saturated rings. The van der Waals surface area contributed by atoms with Crippen LogP contribution in [0.1, 0.15) is 25.7 Å². The first-order valence-corrected chi connectivity index (χ1v) is 9.83. The number of nitrogens with zero attached hydrogens (tertiary/aromatic N) is 4. The Bertz CT molecular complexity index is 1140. The summed E-state index contributed by atoms with van der Waals surface area (Å²) in [6, 6.07) is 4.33. The number of hydrogen-bond donors (Lipinski definition) is 3. The lowest BCUT2D eigenvalue weighted by atomic mass is 9.93. The van der Waals surface area contributed by atoms with Crippen LogP contribution in [0.2, 0.25) is 0 Å². The molecule has 0 amide bonds. The highest BCUT2D eigenvalue weighted by Gasteiger charge is 2.23. The van der Waals surface area contributed by atoms with Gasteiger partial charge in [0.15, 0.2) is 0 Å². The second kappa shape index (κ2) is 7.32. The number of hydrogen-bond acceptors (Lipinski definition) is 6. The first kappa shape index (κ1) is 17.9. The van der Waals surface area contributed by atoms with E-state index in [0.29, 0.717) is 24.0 Å². The van der Waals surface area contributed by atoms with E-state index in [0.717, 1.165) is 53.5 Å². The van der Waals surface area contributed by atoms with Gasteiger partial charge in [0.25, 0.3) is 0 Å². The maximum absolute atomic E-state index is 5.63. The van der Waals surface area contributed by atoms with Crippen molar-refractivity contribution in [3.63, 3.8) is 0 Å². The van der Waals surface area contributed by atoms with Crippen molar-refractivity contribution in [2.24, 2.45) is 0 Å². The highest BCUT2D eigenvalue weighted by molar-refractivity contribution is 5.97. The number of aromatic nitrogens is 6. The molecule has 9 heteroatoms. The molecule has 5 rings (SSSR count). The van der Waals surface area contributed by atoms with Gasteiger partial charge in [0, 0.05) is 36.5 Å². The van der Waals surface area contributed by atoms with Gasteiger partial charge in [-0.1, -0.05) is 0 Å². The number of anilines is 1. The van der Waals surface area contributed by atoms with Gasteiger partial charge < -0.3 is 19.8 Å². The number of aromatic amines is 2. The van der Waals surface area contributed by atoms with Crippen LogP contribution in [-0.2, 0) is 4.74 Å². The number of pyridine rings is 1. The van der Waals surface area contributed by atoms with Crippen LogP contribution < -0.4 is 14.6 Å². The SMILES string of the molecule is COc1nc(NC2CCC(OC)CC2)nc2[nH]cc(-c3ccc4nc[nH][n+]4c3)c12. The van der Waals surface area contributed by atoms with Gasteiger partial charge in [0.1, 0.15) is 11.8 Å². The van der Waals surface area contributed by atoms with E-state index in [1.54, 1.807) is 20.5 Å². The minimum absolute atomic E-state index is 0.345. The number of nitrogens with one attached hydrogen (secondary N) is 3. The van der Waals surface area contributed by atoms with E-state index in [2.05, 4.69) is 25.4 Å². The van der Waals surface area contributed by atoms with Crippen molar-refractivity contribution in [1.29, 1.82) is 0 Å². The third-order valence-electron chi connectivity index (χ3n) is 5.66. The molecule has 0 radical (unpaired) electrons. The van der Waals surface area contributed by atoms with Gasteiger partial charge in [-0.25, -0.2) is 0 Å². The van der Waals surface area contributed by atoms with Crippen molar-refractivity contribution in [1.82, 2.24) is 25.0 Å². The molecule has 0 unspecified atom stereocenters. The van der Waals surface area contributed by atoms with Crippen LogP contribution in [-0.4, -0.2) is 51.4 Å². The van der Waals surface area contributed by atoms with Crippen LogP contribution in [0.15, 0.2) is 30.9 Å². The molecule has 9 nitrogen and oxygen atoms in total. The lowest BCUT2D eigenvalue weighted by molar-refractivity contribution is -0.576. The Morgan fingerprint density at radius 2 is 2.00 bits per heavy atom. The third-order valence-corrected chi connectivity index (χ3v) is 5.66. The lowest BCUT2D eigenvalue weighted by Gasteiger charge is -2.28. The van der Waals surface area contributed by atoms with Crippen LogP contribution >= 0.6 is 0 Å². The van der Waals surface area contributed by atoms with E-state index in [-0.39, 0.29) is 0 Å². The largest absolute Gasteiger partial charge is 0.480 e. The monoisotopic (exact) mass is 394 g/mol. The van der Waals surface area contributed by atoms with E-state index in [9.17, 15) is 0 Å². The number of rotatable bonds is 5. The van der Waals surface area contributed by atoms with E-state index < -0.39 is 0 Å². The summed E-state index contributed by atoms with van der Waals surface area (Å²) in [6.07, 6.45) is 10.1. The first-order chi connectivity index (χ1) is 14.2. The van der Waals surface area contributed by atoms with E-state index in [4.69, 9.17) is 14.5 Å².